The van der Waals surface area contributed by atoms with Gasteiger partial charge in [-0.25, -0.2) is 0 Å². The van der Waals surface area contributed by atoms with Gasteiger partial charge in [0.2, 0.25) is 0 Å². The Labute approximate surface area is 109 Å². The monoisotopic (exact) mass is 252 g/mol. The first-order chi connectivity index (χ1) is 9.33. The van der Waals surface area contributed by atoms with E-state index in [0.717, 1.165) is 11.0 Å². The average molecular weight is 252 g/mol. The molecule has 94 valence electrons. The van der Waals surface area contributed by atoms with Gasteiger partial charge in [-0.1, -0.05) is 30.3 Å². The summed E-state index contributed by atoms with van der Waals surface area (Å²) in [5.41, 5.74) is 2.26. The number of carbonyl (C=O) groups is 1. The van der Waals surface area contributed by atoms with Gasteiger partial charge in [0.1, 0.15) is 17.7 Å². The Balaban J connectivity index is 1.71. The van der Waals surface area contributed by atoms with Gasteiger partial charge in [-0.3, -0.25) is 4.79 Å². The van der Waals surface area contributed by atoms with Gasteiger partial charge in [0, 0.05) is 5.56 Å². The first kappa shape index (κ1) is 11.4. The lowest BCUT2D eigenvalue weighted by Gasteiger charge is -2.03. The predicted molar refractivity (Wildman–Crippen MR) is 71.4 cm³/mol. The van der Waals surface area contributed by atoms with E-state index in [1.165, 1.54) is 4.80 Å². The molecule has 1 aromatic heterocycles. The topological polar surface area (TPSA) is 59.8 Å². The van der Waals surface area contributed by atoms with Crippen LogP contribution in [0.3, 0.4) is 0 Å². The normalized spacial score (nSPS) is 10.5. The molecular weight excluding hydrogens is 240 g/mol. The molecule has 0 saturated carbocycles. The van der Waals surface area contributed by atoms with Gasteiger partial charge in [-0.15, -0.1) is 0 Å². The molecule has 0 aliphatic carbocycles. The van der Waals surface area contributed by atoms with Gasteiger partial charge < -0.3 is 5.32 Å². The summed E-state index contributed by atoms with van der Waals surface area (Å²) in [4.78, 5) is 13.3. The highest BCUT2D eigenvalue weighted by Gasteiger charge is 2.05. The van der Waals surface area contributed by atoms with Crippen LogP contribution in [0.15, 0.2) is 54.6 Å². The van der Waals surface area contributed by atoms with E-state index in [1.54, 1.807) is 12.1 Å². The van der Waals surface area contributed by atoms with Crippen LogP contribution in [0.25, 0.3) is 11.0 Å². The predicted octanol–water partition coefficient (Wildman–Crippen LogP) is 1.82. The van der Waals surface area contributed by atoms with E-state index in [9.17, 15) is 4.79 Å². The SMILES string of the molecule is O=C(NCn1nc2ccccc2n1)c1ccccc1. The summed E-state index contributed by atoms with van der Waals surface area (Å²) >= 11 is 0. The highest BCUT2D eigenvalue weighted by atomic mass is 16.1. The lowest BCUT2D eigenvalue weighted by molar-refractivity contribution is 0.0937. The molecule has 1 amide bonds. The van der Waals surface area contributed by atoms with E-state index in [2.05, 4.69) is 15.5 Å². The zero-order valence-electron chi connectivity index (χ0n) is 10.2. The molecule has 3 rings (SSSR count). The molecule has 5 nitrogen and oxygen atoms in total. The van der Waals surface area contributed by atoms with E-state index in [1.807, 2.05) is 42.5 Å². The molecule has 19 heavy (non-hydrogen) atoms. The number of nitrogens with zero attached hydrogens (tertiary/aromatic N) is 3. The Bertz CT molecular complexity index is 673. The zero-order valence-corrected chi connectivity index (χ0v) is 10.2. The lowest BCUT2D eigenvalue weighted by Crippen LogP contribution is -2.27. The van der Waals surface area contributed by atoms with E-state index < -0.39 is 0 Å². The zero-order chi connectivity index (χ0) is 13.1. The quantitative estimate of drug-likeness (QED) is 0.773. The van der Waals surface area contributed by atoms with Crippen LogP contribution in [0.2, 0.25) is 0 Å². The van der Waals surface area contributed by atoms with Crippen molar-refractivity contribution >= 4 is 16.9 Å². The summed E-state index contributed by atoms with van der Waals surface area (Å²) in [6.45, 7) is 0.252. The largest absolute Gasteiger partial charge is 0.331 e. The molecule has 0 radical (unpaired) electrons. The summed E-state index contributed by atoms with van der Waals surface area (Å²) in [5.74, 6) is -0.137. The molecule has 0 aliphatic rings. The fraction of sp³-hybridized carbons (Fsp3) is 0.0714. The van der Waals surface area contributed by atoms with Crippen LogP contribution in [0.5, 0.6) is 0 Å². The fourth-order valence-electron chi connectivity index (χ4n) is 1.81. The minimum absolute atomic E-state index is 0.137. The number of nitrogens with one attached hydrogen (secondary N) is 1. The number of amides is 1. The van der Waals surface area contributed by atoms with Crippen molar-refractivity contribution in [2.45, 2.75) is 6.67 Å². The van der Waals surface area contributed by atoms with Crippen molar-refractivity contribution in [3.05, 3.63) is 60.2 Å². The minimum atomic E-state index is -0.137. The molecule has 1 N–H and O–H groups in total. The van der Waals surface area contributed by atoms with Gasteiger partial charge in [0.25, 0.3) is 5.91 Å². The van der Waals surface area contributed by atoms with E-state index in [-0.39, 0.29) is 12.6 Å². The Morgan fingerprint density at radius 1 is 0.947 bits per heavy atom. The van der Waals surface area contributed by atoms with Crippen molar-refractivity contribution in [2.75, 3.05) is 0 Å². The maximum Gasteiger partial charge on any atom is 0.252 e. The molecule has 0 saturated heterocycles. The Kier molecular flexibility index (Phi) is 2.94. The molecule has 2 aromatic carbocycles. The van der Waals surface area contributed by atoms with E-state index in [0.29, 0.717) is 5.56 Å². The summed E-state index contributed by atoms with van der Waals surface area (Å²) in [5, 5.41) is 11.3. The molecule has 0 spiro atoms. The molecule has 0 bridgehead atoms. The Morgan fingerprint density at radius 3 is 2.16 bits per heavy atom. The number of hydrogen-bond donors (Lipinski definition) is 1. The summed E-state index contributed by atoms with van der Waals surface area (Å²) < 4.78 is 0. The summed E-state index contributed by atoms with van der Waals surface area (Å²) in [6, 6.07) is 16.7. The standard InChI is InChI=1S/C14H12N4O/c19-14(11-6-2-1-3-7-11)15-10-18-16-12-8-4-5-9-13(12)17-18/h1-9H,10H2,(H,15,19). The van der Waals surface area contributed by atoms with Gasteiger partial charge in [0.05, 0.1) is 0 Å². The number of carbonyl (C=O) groups excluding carboxylic acids is 1. The maximum absolute atomic E-state index is 11.9. The van der Waals surface area contributed by atoms with Gasteiger partial charge in [-0.2, -0.15) is 15.0 Å². The number of hydrogen-bond acceptors (Lipinski definition) is 3. The van der Waals surface area contributed by atoms with Crippen LogP contribution in [0.4, 0.5) is 0 Å². The highest BCUT2D eigenvalue weighted by molar-refractivity contribution is 5.93. The maximum atomic E-state index is 11.9. The average Bonchev–Trinajstić information content (AvgIpc) is 2.88. The van der Waals surface area contributed by atoms with Crippen molar-refractivity contribution in [2.24, 2.45) is 0 Å². The third-order valence-electron chi connectivity index (χ3n) is 2.75. The van der Waals surface area contributed by atoms with Gasteiger partial charge in [-0.05, 0) is 24.3 Å². The van der Waals surface area contributed by atoms with Crippen LogP contribution < -0.4 is 5.32 Å². The van der Waals surface area contributed by atoms with E-state index in [4.69, 9.17) is 0 Å². The number of aromatic nitrogens is 3. The Morgan fingerprint density at radius 2 is 1.53 bits per heavy atom. The third kappa shape index (κ3) is 2.44. The van der Waals surface area contributed by atoms with Crippen molar-refractivity contribution < 1.29 is 4.79 Å². The molecular formula is C14H12N4O. The smallest absolute Gasteiger partial charge is 0.252 e. The molecule has 0 fully saturated rings. The van der Waals surface area contributed by atoms with Crippen molar-refractivity contribution in [3.63, 3.8) is 0 Å². The van der Waals surface area contributed by atoms with Crippen LogP contribution in [-0.2, 0) is 6.67 Å². The molecule has 3 aromatic rings. The molecule has 1 heterocycles. The van der Waals surface area contributed by atoms with Crippen molar-refractivity contribution in [1.29, 1.82) is 0 Å². The second-order valence-corrected chi connectivity index (χ2v) is 4.09. The molecule has 0 aliphatic heterocycles. The lowest BCUT2D eigenvalue weighted by atomic mass is 10.2. The Hall–Kier alpha value is -2.69. The third-order valence-corrected chi connectivity index (χ3v) is 2.75. The van der Waals surface area contributed by atoms with Gasteiger partial charge in [0.15, 0.2) is 0 Å². The molecule has 5 heteroatoms. The fourth-order valence-corrected chi connectivity index (χ4v) is 1.81. The van der Waals surface area contributed by atoms with Crippen LogP contribution >= 0.6 is 0 Å². The van der Waals surface area contributed by atoms with Gasteiger partial charge >= 0.3 is 0 Å². The summed E-state index contributed by atoms with van der Waals surface area (Å²) in [6.07, 6.45) is 0. The van der Waals surface area contributed by atoms with Crippen LogP contribution in [-0.4, -0.2) is 20.9 Å². The van der Waals surface area contributed by atoms with E-state index >= 15 is 0 Å². The summed E-state index contributed by atoms with van der Waals surface area (Å²) in [7, 11) is 0. The highest BCUT2D eigenvalue weighted by Crippen LogP contribution is 2.06. The molecule has 0 atom stereocenters. The second-order valence-electron chi connectivity index (χ2n) is 4.09. The number of benzene rings is 2. The van der Waals surface area contributed by atoms with Crippen molar-refractivity contribution in [3.8, 4) is 0 Å². The van der Waals surface area contributed by atoms with Crippen molar-refractivity contribution in [1.82, 2.24) is 20.3 Å². The minimum Gasteiger partial charge on any atom is -0.331 e. The van der Waals surface area contributed by atoms with Crippen LogP contribution in [0, 0.1) is 0 Å². The first-order valence-electron chi connectivity index (χ1n) is 5.96. The van der Waals surface area contributed by atoms with Crippen LogP contribution in [0.1, 0.15) is 10.4 Å². The second kappa shape index (κ2) is 4.89. The number of rotatable bonds is 3. The number of fused-ring (bicyclic) bond motifs is 1. The molecule has 0 unspecified atom stereocenters. The first-order valence-corrected chi connectivity index (χ1v) is 5.96.